The number of anilines is 1. The number of benzene rings is 3. The van der Waals surface area contributed by atoms with Gasteiger partial charge in [-0.05, 0) is 69.5 Å². The van der Waals surface area contributed by atoms with Gasteiger partial charge in [-0.1, -0.05) is 72.6 Å². The molecule has 0 heterocycles. The Hall–Kier alpha value is -3.36. The van der Waals surface area contributed by atoms with Gasteiger partial charge in [-0.15, -0.1) is 0 Å². The predicted octanol–water partition coefficient (Wildman–Crippen LogP) is 5.48. The van der Waals surface area contributed by atoms with E-state index < -0.39 is 28.5 Å². The van der Waals surface area contributed by atoms with Gasteiger partial charge in [0, 0.05) is 17.6 Å². The molecule has 2 amide bonds. The highest BCUT2D eigenvalue weighted by Gasteiger charge is 2.34. The summed E-state index contributed by atoms with van der Waals surface area (Å²) >= 11 is 6.37. The highest BCUT2D eigenvalue weighted by Crippen LogP contribution is 2.31. The number of hydrogen-bond acceptors (Lipinski definition) is 4. The van der Waals surface area contributed by atoms with Crippen LogP contribution in [-0.4, -0.2) is 43.8 Å². The van der Waals surface area contributed by atoms with Crippen molar-refractivity contribution in [3.8, 4) is 0 Å². The summed E-state index contributed by atoms with van der Waals surface area (Å²) in [7, 11) is -4.15. The summed E-state index contributed by atoms with van der Waals surface area (Å²) < 4.78 is 28.9. The van der Waals surface area contributed by atoms with Gasteiger partial charge in [0.05, 0.1) is 10.6 Å². The molecule has 208 valence electrons. The maximum atomic E-state index is 14.1. The first kappa shape index (κ1) is 30.2. The van der Waals surface area contributed by atoms with E-state index in [1.54, 1.807) is 43.3 Å². The summed E-state index contributed by atoms with van der Waals surface area (Å²) in [6.45, 7) is 8.87. The molecule has 39 heavy (non-hydrogen) atoms. The number of nitrogens with zero attached hydrogens (tertiary/aromatic N) is 2. The molecule has 3 rings (SSSR count). The standard InChI is InChI=1S/C30H36ClN3O4S/c1-6-27(30(36)32-21(2)3)33(19-24-17-15-22(4)16-18-24)29(35)20-34(28-14-10-13-26(31)23(28)5)39(37,38)25-11-8-7-9-12-25/h7-18,21,27H,6,19-20H2,1-5H3,(H,32,36). The van der Waals surface area contributed by atoms with E-state index in [4.69, 9.17) is 11.6 Å². The molecule has 0 aliphatic heterocycles. The molecule has 3 aromatic carbocycles. The Balaban J connectivity index is 2.09. The lowest BCUT2D eigenvalue weighted by Crippen LogP contribution is -2.53. The quantitative estimate of drug-likeness (QED) is 0.331. The third-order valence-corrected chi connectivity index (χ3v) is 8.59. The molecule has 9 heteroatoms. The van der Waals surface area contributed by atoms with Crippen molar-refractivity contribution in [3.05, 3.63) is 94.5 Å². The maximum absolute atomic E-state index is 14.1. The van der Waals surface area contributed by atoms with Gasteiger partial charge in [-0.25, -0.2) is 8.42 Å². The second-order valence-corrected chi connectivity index (χ2v) is 12.1. The van der Waals surface area contributed by atoms with Gasteiger partial charge in [0.15, 0.2) is 0 Å². The third kappa shape index (κ3) is 7.40. The van der Waals surface area contributed by atoms with Crippen LogP contribution in [0.5, 0.6) is 0 Å². The van der Waals surface area contributed by atoms with Crippen LogP contribution in [0.1, 0.15) is 43.9 Å². The Bertz CT molecular complexity index is 1390. The minimum atomic E-state index is -4.15. The first-order valence-corrected chi connectivity index (χ1v) is 14.8. The van der Waals surface area contributed by atoms with Gasteiger partial charge in [0.25, 0.3) is 10.0 Å². The summed E-state index contributed by atoms with van der Waals surface area (Å²) in [5.41, 5.74) is 2.73. The molecule has 1 atom stereocenters. The van der Waals surface area contributed by atoms with Crippen LogP contribution in [0.15, 0.2) is 77.7 Å². The third-order valence-electron chi connectivity index (χ3n) is 6.41. The van der Waals surface area contributed by atoms with Crippen LogP contribution in [0.2, 0.25) is 5.02 Å². The molecule has 0 aliphatic carbocycles. The fourth-order valence-corrected chi connectivity index (χ4v) is 5.95. The fraction of sp³-hybridized carbons (Fsp3) is 0.333. The van der Waals surface area contributed by atoms with Crippen LogP contribution in [0, 0.1) is 13.8 Å². The van der Waals surface area contributed by atoms with Gasteiger partial charge in [-0.2, -0.15) is 0 Å². The molecule has 1 unspecified atom stereocenters. The zero-order chi connectivity index (χ0) is 28.7. The zero-order valence-corrected chi connectivity index (χ0v) is 24.6. The summed E-state index contributed by atoms with van der Waals surface area (Å²) in [5, 5.41) is 3.28. The lowest BCUT2D eigenvalue weighted by atomic mass is 10.1. The molecule has 0 saturated carbocycles. The number of rotatable bonds is 11. The van der Waals surface area contributed by atoms with Crippen LogP contribution in [0.4, 0.5) is 5.69 Å². The Morgan fingerprint density at radius 1 is 0.923 bits per heavy atom. The van der Waals surface area contributed by atoms with Gasteiger partial charge in [0.1, 0.15) is 12.6 Å². The summed E-state index contributed by atoms with van der Waals surface area (Å²) in [5.74, 6) is -0.787. The Morgan fingerprint density at radius 2 is 1.56 bits per heavy atom. The Morgan fingerprint density at radius 3 is 2.15 bits per heavy atom. The van der Waals surface area contributed by atoms with E-state index in [1.807, 2.05) is 52.0 Å². The highest BCUT2D eigenvalue weighted by atomic mass is 35.5. The monoisotopic (exact) mass is 569 g/mol. The van der Waals surface area contributed by atoms with Crippen LogP contribution in [0.3, 0.4) is 0 Å². The molecule has 0 spiro atoms. The molecule has 3 aromatic rings. The second-order valence-electron chi connectivity index (χ2n) is 9.80. The molecule has 0 bridgehead atoms. The van der Waals surface area contributed by atoms with E-state index >= 15 is 0 Å². The van der Waals surface area contributed by atoms with E-state index in [9.17, 15) is 18.0 Å². The molecule has 7 nitrogen and oxygen atoms in total. The normalized spacial score (nSPS) is 12.2. The minimum absolute atomic E-state index is 0.0480. The largest absolute Gasteiger partial charge is 0.352 e. The average Bonchev–Trinajstić information content (AvgIpc) is 2.90. The molecule has 0 aliphatic rings. The predicted molar refractivity (Wildman–Crippen MR) is 156 cm³/mol. The molecule has 0 fully saturated rings. The van der Waals surface area contributed by atoms with E-state index in [0.29, 0.717) is 22.7 Å². The van der Waals surface area contributed by atoms with Gasteiger partial charge in [-0.3, -0.25) is 13.9 Å². The van der Waals surface area contributed by atoms with Gasteiger partial charge in [0.2, 0.25) is 11.8 Å². The summed E-state index contributed by atoms with van der Waals surface area (Å²) in [6.07, 6.45) is 0.359. The van der Waals surface area contributed by atoms with Crippen molar-refractivity contribution in [1.82, 2.24) is 10.2 Å². The molecule has 0 saturated heterocycles. The number of carbonyl (C=O) groups is 2. The smallest absolute Gasteiger partial charge is 0.264 e. The molecular formula is C30H36ClN3O4S. The van der Waals surface area contributed by atoms with E-state index in [-0.39, 0.29) is 23.4 Å². The fourth-order valence-electron chi connectivity index (χ4n) is 4.29. The number of sulfonamides is 1. The highest BCUT2D eigenvalue weighted by molar-refractivity contribution is 7.92. The van der Waals surface area contributed by atoms with Gasteiger partial charge < -0.3 is 10.2 Å². The zero-order valence-electron chi connectivity index (χ0n) is 23.0. The Kier molecular flexibility index (Phi) is 10.2. The first-order valence-electron chi connectivity index (χ1n) is 12.9. The van der Waals surface area contributed by atoms with E-state index in [2.05, 4.69) is 5.32 Å². The molecule has 0 aromatic heterocycles. The molecule has 1 N–H and O–H groups in total. The van der Waals surface area contributed by atoms with Gasteiger partial charge >= 0.3 is 0 Å². The average molecular weight is 570 g/mol. The van der Waals surface area contributed by atoms with Crippen molar-refractivity contribution in [3.63, 3.8) is 0 Å². The lowest BCUT2D eigenvalue weighted by molar-refractivity contribution is -0.140. The van der Waals surface area contributed by atoms with Crippen molar-refractivity contribution in [2.45, 2.75) is 64.6 Å². The van der Waals surface area contributed by atoms with Crippen molar-refractivity contribution < 1.29 is 18.0 Å². The minimum Gasteiger partial charge on any atom is -0.352 e. The maximum Gasteiger partial charge on any atom is 0.264 e. The van der Waals surface area contributed by atoms with Crippen molar-refractivity contribution in [2.75, 3.05) is 10.8 Å². The SMILES string of the molecule is CCC(C(=O)NC(C)C)N(Cc1ccc(C)cc1)C(=O)CN(c1cccc(Cl)c1C)S(=O)(=O)c1ccccc1. The van der Waals surface area contributed by atoms with Crippen molar-refractivity contribution in [1.29, 1.82) is 0 Å². The van der Waals surface area contributed by atoms with Crippen molar-refractivity contribution >= 4 is 39.1 Å². The van der Waals surface area contributed by atoms with E-state index in [1.165, 1.54) is 17.0 Å². The second kappa shape index (κ2) is 13.1. The number of aryl methyl sites for hydroxylation is 1. The topological polar surface area (TPSA) is 86.8 Å². The number of amides is 2. The molecular weight excluding hydrogens is 534 g/mol. The number of halogens is 1. The molecule has 0 radical (unpaired) electrons. The van der Waals surface area contributed by atoms with E-state index in [0.717, 1.165) is 15.4 Å². The van der Waals surface area contributed by atoms with Crippen LogP contribution >= 0.6 is 11.6 Å². The Labute approximate surface area is 236 Å². The number of hydrogen-bond donors (Lipinski definition) is 1. The summed E-state index contributed by atoms with van der Waals surface area (Å²) in [6, 6.07) is 19.7. The first-order chi connectivity index (χ1) is 18.4. The van der Waals surface area contributed by atoms with Crippen LogP contribution in [-0.2, 0) is 26.2 Å². The van der Waals surface area contributed by atoms with Crippen molar-refractivity contribution in [2.24, 2.45) is 0 Å². The number of nitrogens with one attached hydrogen (secondary N) is 1. The lowest BCUT2D eigenvalue weighted by Gasteiger charge is -2.34. The van der Waals surface area contributed by atoms with Crippen LogP contribution in [0.25, 0.3) is 0 Å². The summed E-state index contributed by atoms with van der Waals surface area (Å²) in [4.78, 5) is 28.8. The van der Waals surface area contributed by atoms with Crippen LogP contribution < -0.4 is 9.62 Å². The number of carbonyl (C=O) groups excluding carboxylic acids is 2.